The molecule has 1 N–H and O–H groups in total. The Morgan fingerprint density at radius 3 is 2.31 bits per heavy atom. The Kier molecular flexibility index (Phi) is 5.69. The second-order valence-corrected chi connectivity index (χ2v) is 6.30. The molecule has 5 nitrogen and oxygen atoms in total. The number of hydrogen-bond acceptors (Lipinski definition) is 5. The minimum atomic E-state index is 0.603. The molecule has 3 aromatic rings. The van der Waals surface area contributed by atoms with E-state index in [1.54, 1.807) is 6.20 Å². The van der Waals surface area contributed by atoms with E-state index >= 15 is 0 Å². The van der Waals surface area contributed by atoms with Crippen LogP contribution in [0.5, 0.6) is 0 Å². The highest BCUT2D eigenvalue weighted by Crippen LogP contribution is 2.20. The van der Waals surface area contributed by atoms with E-state index in [-0.39, 0.29) is 0 Å². The molecular weight excluding hydrogens is 322 g/mol. The first-order valence-electron chi connectivity index (χ1n) is 8.82. The number of nitrogens with one attached hydrogen (secondary N) is 1. The molecule has 3 rings (SSSR count). The van der Waals surface area contributed by atoms with Crippen LogP contribution in [0, 0.1) is 0 Å². The van der Waals surface area contributed by atoms with Gasteiger partial charge in [-0.3, -0.25) is 0 Å². The van der Waals surface area contributed by atoms with Crippen molar-refractivity contribution in [3.05, 3.63) is 72.4 Å². The summed E-state index contributed by atoms with van der Waals surface area (Å²) < 4.78 is 0. The molecular formula is C21H25N5. The Labute approximate surface area is 155 Å². The molecule has 0 spiro atoms. The van der Waals surface area contributed by atoms with E-state index in [4.69, 9.17) is 0 Å². The number of rotatable bonds is 7. The van der Waals surface area contributed by atoms with Crippen LogP contribution in [-0.4, -0.2) is 30.6 Å². The Hall–Kier alpha value is -3.08. The lowest BCUT2D eigenvalue weighted by molar-refractivity contribution is 0.811. The molecule has 0 fully saturated rings. The van der Waals surface area contributed by atoms with Crippen molar-refractivity contribution in [1.82, 2.24) is 9.97 Å². The molecule has 0 saturated heterocycles. The Morgan fingerprint density at radius 1 is 0.923 bits per heavy atom. The van der Waals surface area contributed by atoms with E-state index in [9.17, 15) is 0 Å². The largest absolute Gasteiger partial charge is 0.378 e. The van der Waals surface area contributed by atoms with Crippen molar-refractivity contribution in [2.24, 2.45) is 0 Å². The van der Waals surface area contributed by atoms with E-state index in [1.807, 2.05) is 38.4 Å². The van der Waals surface area contributed by atoms with Gasteiger partial charge in [-0.25, -0.2) is 4.98 Å². The average Bonchev–Trinajstić information content (AvgIpc) is 2.67. The summed E-state index contributed by atoms with van der Waals surface area (Å²) in [5.41, 5.74) is 3.39. The lowest BCUT2D eigenvalue weighted by Crippen LogP contribution is -2.23. The van der Waals surface area contributed by atoms with Gasteiger partial charge in [-0.15, -0.1) is 0 Å². The van der Waals surface area contributed by atoms with Crippen LogP contribution in [0.15, 0.2) is 66.9 Å². The van der Waals surface area contributed by atoms with E-state index in [1.165, 1.54) is 5.56 Å². The maximum absolute atomic E-state index is 4.69. The molecule has 0 radical (unpaired) electrons. The molecule has 134 valence electrons. The van der Waals surface area contributed by atoms with Crippen molar-refractivity contribution < 1.29 is 0 Å². The van der Waals surface area contributed by atoms with Gasteiger partial charge in [0, 0.05) is 44.8 Å². The number of nitrogens with zero attached hydrogens (tertiary/aromatic N) is 4. The second kappa shape index (κ2) is 8.34. The summed E-state index contributed by atoms with van der Waals surface area (Å²) in [5, 5.41) is 3.29. The molecule has 0 aliphatic heterocycles. The van der Waals surface area contributed by atoms with Gasteiger partial charge >= 0.3 is 0 Å². The number of aromatic nitrogens is 2. The molecule has 0 aliphatic carbocycles. The monoisotopic (exact) mass is 347 g/mol. The Balaban J connectivity index is 1.74. The first-order valence-corrected chi connectivity index (χ1v) is 8.82. The molecule has 0 saturated carbocycles. The Morgan fingerprint density at radius 2 is 1.65 bits per heavy atom. The standard InChI is InChI=1S/C21H25N5/c1-4-26(16-17-8-6-5-7-9-17)20-14-15-22-21(24-20)23-18-10-12-19(13-11-18)25(2)3/h5-15H,4,16H2,1-3H3,(H,22,23,24). The molecule has 2 aromatic carbocycles. The molecule has 0 atom stereocenters. The molecule has 0 unspecified atom stereocenters. The second-order valence-electron chi connectivity index (χ2n) is 6.30. The van der Waals surface area contributed by atoms with Gasteiger partial charge in [-0.05, 0) is 42.8 Å². The highest BCUT2D eigenvalue weighted by atomic mass is 15.2. The highest BCUT2D eigenvalue weighted by molar-refractivity contribution is 5.59. The summed E-state index contributed by atoms with van der Waals surface area (Å²) in [6, 6.07) is 20.6. The summed E-state index contributed by atoms with van der Waals surface area (Å²) in [4.78, 5) is 13.3. The smallest absolute Gasteiger partial charge is 0.229 e. The van der Waals surface area contributed by atoms with Crippen LogP contribution < -0.4 is 15.1 Å². The molecule has 0 bridgehead atoms. The lowest BCUT2D eigenvalue weighted by Gasteiger charge is -2.22. The summed E-state index contributed by atoms with van der Waals surface area (Å²) in [6.45, 7) is 3.84. The molecule has 0 amide bonds. The molecule has 1 aromatic heterocycles. The van der Waals surface area contributed by atoms with Crippen molar-refractivity contribution in [3.63, 3.8) is 0 Å². The van der Waals surface area contributed by atoms with Gasteiger partial charge in [0.05, 0.1) is 0 Å². The third-order valence-electron chi connectivity index (χ3n) is 4.20. The fourth-order valence-corrected chi connectivity index (χ4v) is 2.72. The van der Waals surface area contributed by atoms with Crippen LogP contribution in [0.4, 0.5) is 23.1 Å². The molecule has 1 heterocycles. The summed E-state index contributed by atoms with van der Waals surface area (Å²) in [5.74, 6) is 1.52. The van der Waals surface area contributed by atoms with Gasteiger partial charge in [-0.2, -0.15) is 4.98 Å². The molecule has 0 aliphatic rings. The van der Waals surface area contributed by atoms with Crippen molar-refractivity contribution in [2.75, 3.05) is 35.8 Å². The predicted octanol–water partition coefficient (Wildman–Crippen LogP) is 4.31. The first kappa shape index (κ1) is 17.7. The van der Waals surface area contributed by atoms with Crippen LogP contribution in [0.1, 0.15) is 12.5 Å². The topological polar surface area (TPSA) is 44.3 Å². The van der Waals surface area contributed by atoms with Crippen LogP contribution in [0.25, 0.3) is 0 Å². The quantitative estimate of drug-likeness (QED) is 0.690. The van der Waals surface area contributed by atoms with E-state index in [0.717, 1.165) is 30.3 Å². The lowest BCUT2D eigenvalue weighted by atomic mass is 10.2. The minimum absolute atomic E-state index is 0.603. The van der Waals surface area contributed by atoms with Gasteiger partial charge < -0.3 is 15.1 Å². The fourth-order valence-electron chi connectivity index (χ4n) is 2.72. The highest BCUT2D eigenvalue weighted by Gasteiger charge is 2.08. The van der Waals surface area contributed by atoms with Crippen LogP contribution in [0.2, 0.25) is 0 Å². The van der Waals surface area contributed by atoms with Crippen molar-refractivity contribution in [2.45, 2.75) is 13.5 Å². The SMILES string of the molecule is CCN(Cc1ccccc1)c1ccnc(Nc2ccc(N(C)C)cc2)n1. The molecule has 26 heavy (non-hydrogen) atoms. The average molecular weight is 347 g/mol. The van der Waals surface area contributed by atoms with Crippen molar-refractivity contribution >= 4 is 23.1 Å². The van der Waals surface area contributed by atoms with Crippen LogP contribution >= 0.6 is 0 Å². The zero-order chi connectivity index (χ0) is 18.4. The fraction of sp³-hybridized carbons (Fsp3) is 0.238. The normalized spacial score (nSPS) is 10.4. The predicted molar refractivity (Wildman–Crippen MR) is 109 cm³/mol. The third-order valence-corrected chi connectivity index (χ3v) is 4.20. The van der Waals surface area contributed by atoms with Crippen LogP contribution in [-0.2, 0) is 6.54 Å². The van der Waals surface area contributed by atoms with Crippen molar-refractivity contribution in [3.8, 4) is 0 Å². The van der Waals surface area contributed by atoms with E-state index in [0.29, 0.717) is 5.95 Å². The number of benzene rings is 2. The van der Waals surface area contributed by atoms with Gasteiger partial charge in [0.1, 0.15) is 5.82 Å². The minimum Gasteiger partial charge on any atom is -0.378 e. The third kappa shape index (κ3) is 4.51. The van der Waals surface area contributed by atoms with Gasteiger partial charge in [0.15, 0.2) is 0 Å². The van der Waals surface area contributed by atoms with Crippen LogP contribution in [0.3, 0.4) is 0 Å². The van der Waals surface area contributed by atoms with E-state index in [2.05, 4.69) is 68.4 Å². The first-order chi connectivity index (χ1) is 12.7. The zero-order valence-electron chi connectivity index (χ0n) is 15.6. The maximum atomic E-state index is 4.69. The number of hydrogen-bond donors (Lipinski definition) is 1. The summed E-state index contributed by atoms with van der Waals surface area (Å²) in [6.07, 6.45) is 1.80. The Bertz CT molecular complexity index is 815. The van der Waals surface area contributed by atoms with E-state index < -0.39 is 0 Å². The van der Waals surface area contributed by atoms with Gasteiger partial charge in [-0.1, -0.05) is 30.3 Å². The van der Waals surface area contributed by atoms with Gasteiger partial charge in [0.25, 0.3) is 0 Å². The van der Waals surface area contributed by atoms with Gasteiger partial charge in [0.2, 0.25) is 5.95 Å². The summed E-state index contributed by atoms with van der Waals surface area (Å²) >= 11 is 0. The number of anilines is 4. The van der Waals surface area contributed by atoms with Crippen molar-refractivity contribution in [1.29, 1.82) is 0 Å². The zero-order valence-corrected chi connectivity index (χ0v) is 15.6. The molecule has 5 heteroatoms. The summed E-state index contributed by atoms with van der Waals surface area (Å²) in [7, 11) is 4.06. The maximum Gasteiger partial charge on any atom is 0.229 e.